The first-order chi connectivity index (χ1) is 12.3. The van der Waals surface area contributed by atoms with Crippen LogP contribution in [-0.2, 0) is 9.53 Å². The van der Waals surface area contributed by atoms with E-state index in [1.807, 2.05) is 56.0 Å². The molecule has 1 amide bonds. The highest BCUT2D eigenvalue weighted by molar-refractivity contribution is 5.75. The highest BCUT2D eigenvalue weighted by Gasteiger charge is 2.30. The third kappa shape index (κ3) is 6.31. The molecule has 1 aliphatic rings. The van der Waals surface area contributed by atoms with Gasteiger partial charge < -0.3 is 15.2 Å². The van der Waals surface area contributed by atoms with Crippen LogP contribution >= 0.6 is 0 Å². The standard InChI is InChI=1S/C19H29N3O4/c1-19(2,3)26-18(25)20-9-10-21-11-13-22(14-12-21)16(17(23)24)15-7-5-4-6-8-15/h4-8,16H,9-14H2,1-3H3,(H,20,25)(H,23,24). The summed E-state index contributed by atoms with van der Waals surface area (Å²) in [6.07, 6.45) is -0.411. The lowest BCUT2D eigenvalue weighted by Gasteiger charge is -2.37. The minimum absolute atomic E-state index is 0.411. The smallest absolute Gasteiger partial charge is 0.407 e. The van der Waals surface area contributed by atoms with E-state index in [-0.39, 0.29) is 0 Å². The van der Waals surface area contributed by atoms with Gasteiger partial charge in [0.15, 0.2) is 0 Å². The molecule has 2 N–H and O–H groups in total. The maximum absolute atomic E-state index is 11.7. The van der Waals surface area contributed by atoms with E-state index in [0.29, 0.717) is 19.6 Å². The van der Waals surface area contributed by atoms with Crippen molar-refractivity contribution in [1.82, 2.24) is 15.1 Å². The molecule has 1 aromatic carbocycles. The van der Waals surface area contributed by atoms with Crippen LogP contribution in [0.2, 0.25) is 0 Å². The molecule has 1 saturated heterocycles. The molecule has 1 fully saturated rings. The van der Waals surface area contributed by atoms with Crippen molar-refractivity contribution in [2.45, 2.75) is 32.4 Å². The number of rotatable bonds is 6. The Hall–Kier alpha value is -2.12. The van der Waals surface area contributed by atoms with Crippen LogP contribution in [-0.4, -0.2) is 71.8 Å². The number of aliphatic carboxylic acids is 1. The second-order valence-corrected chi connectivity index (χ2v) is 7.46. The summed E-state index contributed by atoms with van der Waals surface area (Å²) in [5.41, 5.74) is 0.305. The minimum atomic E-state index is -0.823. The average molecular weight is 363 g/mol. The largest absolute Gasteiger partial charge is 0.480 e. The Morgan fingerprint density at radius 2 is 1.77 bits per heavy atom. The summed E-state index contributed by atoms with van der Waals surface area (Å²) in [4.78, 5) is 27.6. The molecule has 0 aliphatic carbocycles. The molecule has 144 valence electrons. The lowest BCUT2D eigenvalue weighted by molar-refractivity contribution is -0.144. The number of piperazine rings is 1. The number of carboxylic acid groups (broad SMARTS) is 1. The molecule has 0 aromatic heterocycles. The van der Waals surface area contributed by atoms with Crippen molar-refractivity contribution < 1.29 is 19.4 Å². The Bertz CT molecular complexity index is 593. The van der Waals surface area contributed by atoms with Crippen molar-refractivity contribution in [3.05, 3.63) is 35.9 Å². The quantitative estimate of drug-likeness (QED) is 0.804. The Kier molecular flexibility index (Phi) is 6.99. The van der Waals surface area contributed by atoms with E-state index < -0.39 is 23.7 Å². The molecule has 7 heteroatoms. The summed E-state index contributed by atoms with van der Waals surface area (Å²) < 4.78 is 5.21. The van der Waals surface area contributed by atoms with Crippen LogP contribution in [0.25, 0.3) is 0 Å². The van der Waals surface area contributed by atoms with E-state index >= 15 is 0 Å². The number of amides is 1. The number of ether oxygens (including phenoxy) is 1. The molecule has 0 radical (unpaired) electrons. The number of carbonyl (C=O) groups excluding carboxylic acids is 1. The summed E-state index contributed by atoms with van der Waals surface area (Å²) >= 11 is 0. The Morgan fingerprint density at radius 1 is 1.15 bits per heavy atom. The molecule has 1 unspecified atom stereocenters. The van der Waals surface area contributed by atoms with Gasteiger partial charge in [-0.3, -0.25) is 14.6 Å². The van der Waals surface area contributed by atoms with Crippen LogP contribution in [0.15, 0.2) is 30.3 Å². The maximum Gasteiger partial charge on any atom is 0.407 e. The minimum Gasteiger partial charge on any atom is -0.480 e. The molecule has 1 heterocycles. The summed E-state index contributed by atoms with van der Waals surface area (Å²) in [7, 11) is 0. The molecule has 2 rings (SSSR count). The highest BCUT2D eigenvalue weighted by atomic mass is 16.6. The van der Waals surface area contributed by atoms with Gasteiger partial charge in [0, 0.05) is 39.3 Å². The third-order valence-corrected chi connectivity index (χ3v) is 4.22. The fourth-order valence-corrected chi connectivity index (χ4v) is 3.02. The summed E-state index contributed by atoms with van der Waals surface area (Å²) in [5.74, 6) is -0.823. The Balaban J connectivity index is 1.78. The van der Waals surface area contributed by atoms with Gasteiger partial charge in [0.25, 0.3) is 0 Å². The summed E-state index contributed by atoms with van der Waals surface area (Å²) in [6.45, 7) is 9.62. The molecule has 1 aliphatic heterocycles. The van der Waals surface area contributed by atoms with Crippen LogP contribution < -0.4 is 5.32 Å². The predicted molar refractivity (Wildman–Crippen MR) is 99.1 cm³/mol. The zero-order valence-corrected chi connectivity index (χ0v) is 15.8. The first-order valence-corrected chi connectivity index (χ1v) is 8.97. The molecular weight excluding hydrogens is 334 g/mol. The van der Waals surface area contributed by atoms with Crippen molar-refractivity contribution in [1.29, 1.82) is 0 Å². The fraction of sp³-hybridized carbons (Fsp3) is 0.579. The molecule has 0 saturated carbocycles. The number of hydrogen-bond acceptors (Lipinski definition) is 5. The first kappa shape index (κ1) is 20.2. The monoisotopic (exact) mass is 363 g/mol. The lowest BCUT2D eigenvalue weighted by atomic mass is 10.0. The van der Waals surface area contributed by atoms with Gasteiger partial charge >= 0.3 is 12.1 Å². The number of nitrogens with one attached hydrogen (secondary N) is 1. The zero-order chi connectivity index (χ0) is 19.2. The fourth-order valence-electron chi connectivity index (χ4n) is 3.02. The maximum atomic E-state index is 11.7. The predicted octanol–water partition coefficient (Wildman–Crippen LogP) is 1.95. The third-order valence-electron chi connectivity index (χ3n) is 4.22. The normalized spacial score (nSPS) is 17.5. The van der Waals surface area contributed by atoms with Gasteiger partial charge in [-0.25, -0.2) is 4.79 Å². The highest BCUT2D eigenvalue weighted by Crippen LogP contribution is 2.22. The molecular formula is C19H29N3O4. The summed E-state index contributed by atoms with van der Waals surface area (Å²) in [5, 5.41) is 12.4. The van der Waals surface area contributed by atoms with Crippen molar-refractivity contribution in [2.24, 2.45) is 0 Å². The molecule has 1 atom stereocenters. The molecule has 0 bridgehead atoms. The number of carboxylic acids is 1. The lowest BCUT2D eigenvalue weighted by Crippen LogP contribution is -2.50. The molecule has 1 aromatic rings. The number of benzene rings is 1. The number of carbonyl (C=O) groups is 2. The van der Waals surface area contributed by atoms with Crippen molar-refractivity contribution in [2.75, 3.05) is 39.3 Å². The molecule has 0 spiro atoms. The van der Waals surface area contributed by atoms with Gasteiger partial charge in [-0.2, -0.15) is 0 Å². The second-order valence-electron chi connectivity index (χ2n) is 7.46. The molecule has 26 heavy (non-hydrogen) atoms. The average Bonchev–Trinajstić information content (AvgIpc) is 2.55. The van der Waals surface area contributed by atoms with Gasteiger partial charge in [0.2, 0.25) is 0 Å². The van der Waals surface area contributed by atoms with Crippen LogP contribution in [0.4, 0.5) is 4.79 Å². The van der Waals surface area contributed by atoms with E-state index in [1.165, 1.54) is 0 Å². The van der Waals surface area contributed by atoms with Crippen molar-refractivity contribution in [3.63, 3.8) is 0 Å². The van der Waals surface area contributed by atoms with Crippen molar-refractivity contribution >= 4 is 12.1 Å². The van der Waals surface area contributed by atoms with Gasteiger partial charge in [-0.15, -0.1) is 0 Å². The Labute approximate surface area is 154 Å². The van der Waals surface area contributed by atoms with Crippen LogP contribution in [0.3, 0.4) is 0 Å². The summed E-state index contributed by atoms with van der Waals surface area (Å²) in [6, 6.07) is 8.72. The van der Waals surface area contributed by atoms with Gasteiger partial charge in [-0.05, 0) is 26.3 Å². The van der Waals surface area contributed by atoms with E-state index in [2.05, 4.69) is 10.2 Å². The first-order valence-electron chi connectivity index (χ1n) is 8.97. The van der Waals surface area contributed by atoms with E-state index in [1.54, 1.807) is 0 Å². The van der Waals surface area contributed by atoms with Gasteiger partial charge in [0.1, 0.15) is 11.6 Å². The topological polar surface area (TPSA) is 82.1 Å². The van der Waals surface area contributed by atoms with E-state index in [0.717, 1.165) is 25.2 Å². The van der Waals surface area contributed by atoms with Crippen LogP contribution in [0.1, 0.15) is 32.4 Å². The second kappa shape index (κ2) is 9.00. The van der Waals surface area contributed by atoms with Crippen molar-refractivity contribution in [3.8, 4) is 0 Å². The van der Waals surface area contributed by atoms with Gasteiger partial charge in [0.05, 0.1) is 0 Å². The number of alkyl carbamates (subject to hydrolysis) is 1. The SMILES string of the molecule is CC(C)(C)OC(=O)NCCN1CCN(C(C(=O)O)c2ccccc2)CC1. The molecule has 7 nitrogen and oxygen atoms in total. The number of nitrogens with zero attached hydrogens (tertiary/aromatic N) is 2. The number of hydrogen-bond donors (Lipinski definition) is 2. The van der Waals surface area contributed by atoms with Gasteiger partial charge in [-0.1, -0.05) is 30.3 Å². The Morgan fingerprint density at radius 3 is 2.31 bits per heavy atom. The van der Waals surface area contributed by atoms with E-state index in [4.69, 9.17) is 4.74 Å². The van der Waals surface area contributed by atoms with E-state index in [9.17, 15) is 14.7 Å². The zero-order valence-electron chi connectivity index (χ0n) is 15.8. The van der Waals surface area contributed by atoms with Crippen LogP contribution in [0.5, 0.6) is 0 Å². The van der Waals surface area contributed by atoms with Crippen LogP contribution in [0, 0.1) is 0 Å².